The van der Waals surface area contributed by atoms with Crippen LogP contribution in [0.4, 0.5) is 0 Å². The molecule has 4 nitrogen and oxygen atoms in total. The van der Waals surface area contributed by atoms with Crippen LogP contribution in [-0.2, 0) is 6.54 Å². The summed E-state index contributed by atoms with van der Waals surface area (Å²) in [5.74, 6) is 0.352. The summed E-state index contributed by atoms with van der Waals surface area (Å²) >= 11 is 6.09. The van der Waals surface area contributed by atoms with E-state index in [0.29, 0.717) is 5.92 Å². The number of aromatic amines is 1. The van der Waals surface area contributed by atoms with Crippen molar-refractivity contribution in [1.82, 2.24) is 15.1 Å². The van der Waals surface area contributed by atoms with Crippen LogP contribution in [0.15, 0.2) is 42.2 Å². The van der Waals surface area contributed by atoms with Gasteiger partial charge in [-0.3, -0.25) is 0 Å². The number of pyridine rings is 1. The molecule has 2 atom stereocenters. The van der Waals surface area contributed by atoms with E-state index in [9.17, 15) is 0 Å². The Bertz CT molecular complexity index is 1000. The van der Waals surface area contributed by atoms with Gasteiger partial charge in [0.2, 0.25) is 6.20 Å². The van der Waals surface area contributed by atoms with Crippen LogP contribution in [0.3, 0.4) is 0 Å². The second-order valence-corrected chi connectivity index (χ2v) is 7.87. The lowest BCUT2D eigenvalue weighted by Gasteiger charge is -2.06. The number of nitrogens with zero attached hydrogens (tertiary/aromatic N) is 3. The van der Waals surface area contributed by atoms with Crippen LogP contribution < -0.4 is 4.68 Å². The van der Waals surface area contributed by atoms with Crippen molar-refractivity contribution in [3.63, 3.8) is 0 Å². The van der Waals surface area contributed by atoms with Gasteiger partial charge in [-0.1, -0.05) is 13.0 Å². The van der Waals surface area contributed by atoms with E-state index in [-0.39, 0.29) is 5.25 Å². The first-order valence-corrected chi connectivity index (χ1v) is 9.39. The molecule has 0 fully saturated rings. The highest BCUT2D eigenvalue weighted by molar-refractivity contribution is 7.80. The molecule has 1 N–H and O–H groups in total. The molecule has 0 spiro atoms. The Kier molecular flexibility index (Phi) is 4.02. The number of benzene rings is 1. The van der Waals surface area contributed by atoms with Crippen molar-refractivity contribution in [2.24, 2.45) is 0 Å². The Hall–Kier alpha value is -1.92. The van der Waals surface area contributed by atoms with Crippen LogP contribution in [-0.4, -0.2) is 15.1 Å². The van der Waals surface area contributed by atoms with E-state index in [1.165, 1.54) is 16.5 Å². The Labute approximate surface area is 150 Å². The van der Waals surface area contributed by atoms with E-state index in [1.807, 2.05) is 11.7 Å². The van der Waals surface area contributed by atoms with Crippen molar-refractivity contribution >= 4 is 45.2 Å². The van der Waals surface area contributed by atoms with Gasteiger partial charge in [-0.05, 0) is 36.2 Å². The van der Waals surface area contributed by atoms with Gasteiger partial charge < -0.3 is 0 Å². The van der Waals surface area contributed by atoms with Gasteiger partial charge in [-0.25, -0.2) is 9.97 Å². The number of aromatic nitrogens is 4. The summed E-state index contributed by atoms with van der Waals surface area (Å²) in [6.07, 6.45) is 4.13. The fourth-order valence-corrected chi connectivity index (χ4v) is 3.71. The van der Waals surface area contributed by atoms with E-state index in [2.05, 4.69) is 76.7 Å². The summed E-state index contributed by atoms with van der Waals surface area (Å²) in [5, 5.41) is 4.93. The first-order valence-electron chi connectivity index (χ1n) is 7.99. The number of fused-ring (bicyclic) bond motifs is 2. The standard InChI is InChI=1S/C18H18N4S2/c1-11(15-6-17-18(19-7-15)24-10-20-17)8-22-9-14-4-3-13(12(2)23)5-16(14)21-22/h3-7,9-12,23H,8H2,1-2H3/p+1. The van der Waals surface area contributed by atoms with Gasteiger partial charge in [0, 0.05) is 17.4 Å². The fraction of sp³-hybridized carbons (Fsp3) is 0.278. The van der Waals surface area contributed by atoms with Gasteiger partial charge in [0.05, 0.1) is 10.9 Å². The maximum absolute atomic E-state index is 4.51. The topological polar surface area (TPSA) is 45.5 Å². The highest BCUT2D eigenvalue weighted by Crippen LogP contribution is 2.23. The van der Waals surface area contributed by atoms with Gasteiger partial charge in [0.25, 0.3) is 0 Å². The second kappa shape index (κ2) is 6.18. The summed E-state index contributed by atoms with van der Waals surface area (Å²) in [6, 6.07) is 8.62. The fourth-order valence-electron chi connectivity index (χ4n) is 2.94. The maximum atomic E-state index is 4.51. The van der Waals surface area contributed by atoms with Crippen molar-refractivity contribution in [2.45, 2.75) is 31.6 Å². The molecule has 0 amide bonds. The molecule has 0 saturated heterocycles. The normalized spacial score (nSPS) is 14.3. The minimum atomic E-state index is 0.237. The van der Waals surface area contributed by atoms with Gasteiger partial charge in [-0.15, -0.1) is 16.0 Å². The van der Waals surface area contributed by atoms with Crippen molar-refractivity contribution < 1.29 is 4.68 Å². The van der Waals surface area contributed by atoms with Crippen LogP contribution in [0.5, 0.6) is 0 Å². The number of nitrogens with one attached hydrogen (secondary N) is 1. The SMILES string of the molecule is CC(S)c1ccc2c[n+](CC(C)c3cnc4scnc4c3)[nH]c2c1. The molecular formula is C18H19N4S2+. The minimum Gasteiger partial charge on any atom is -0.243 e. The molecule has 3 aromatic heterocycles. The summed E-state index contributed by atoms with van der Waals surface area (Å²) < 4.78 is 2.15. The molecule has 1 aromatic carbocycles. The maximum Gasteiger partial charge on any atom is 0.203 e. The summed E-state index contributed by atoms with van der Waals surface area (Å²) in [4.78, 5) is 9.87. The summed E-state index contributed by atoms with van der Waals surface area (Å²) in [7, 11) is 0. The van der Waals surface area contributed by atoms with Crippen LogP contribution >= 0.6 is 24.0 Å². The molecule has 0 saturated carbocycles. The molecule has 122 valence electrons. The van der Waals surface area contributed by atoms with Crippen LogP contribution in [0.2, 0.25) is 0 Å². The van der Waals surface area contributed by atoms with Crippen molar-refractivity contribution in [1.29, 1.82) is 0 Å². The first-order chi connectivity index (χ1) is 11.6. The van der Waals surface area contributed by atoms with Gasteiger partial charge in [-0.2, -0.15) is 17.7 Å². The number of hydrogen-bond acceptors (Lipinski definition) is 4. The third-order valence-corrected chi connectivity index (χ3v) is 5.41. The quantitative estimate of drug-likeness (QED) is 0.424. The Balaban J connectivity index is 1.60. The minimum absolute atomic E-state index is 0.237. The van der Waals surface area contributed by atoms with E-state index in [4.69, 9.17) is 0 Å². The number of rotatable bonds is 4. The third-order valence-electron chi connectivity index (χ3n) is 4.37. The number of thiazole rings is 1. The number of hydrogen-bond donors (Lipinski definition) is 2. The number of thiol groups is 1. The summed E-state index contributed by atoms with van der Waals surface area (Å²) in [6.45, 7) is 5.18. The zero-order valence-corrected chi connectivity index (χ0v) is 15.3. The molecule has 0 aliphatic carbocycles. The van der Waals surface area contributed by atoms with Crippen molar-refractivity contribution in [2.75, 3.05) is 0 Å². The third kappa shape index (κ3) is 2.91. The largest absolute Gasteiger partial charge is 0.243 e. The van der Waals surface area contributed by atoms with Gasteiger partial charge in [0.1, 0.15) is 15.9 Å². The smallest absolute Gasteiger partial charge is 0.203 e. The lowest BCUT2D eigenvalue weighted by molar-refractivity contribution is -0.750. The number of H-pyrrole nitrogens is 1. The van der Waals surface area contributed by atoms with Gasteiger partial charge >= 0.3 is 0 Å². The van der Waals surface area contributed by atoms with Crippen LogP contribution in [0.1, 0.15) is 36.1 Å². The Morgan fingerprint density at radius 3 is 2.92 bits per heavy atom. The molecule has 24 heavy (non-hydrogen) atoms. The molecule has 3 heterocycles. The summed E-state index contributed by atoms with van der Waals surface area (Å²) in [5.41, 5.74) is 6.42. The van der Waals surface area contributed by atoms with E-state index in [0.717, 1.165) is 22.4 Å². The Morgan fingerprint density at radius 1 is 1.21 bits per heavy atom. The van der Waals surface area contributed by atoms with E-state index in [1.54, 1.807) is 11.3 Å². The molecule has 6 heteroatoms. The molecule has 0 aliphatic heterocycles. The van der Waals surface area contributed by atoms with Crippen LogP contribution in [0.25, 0.3) is 21.3 Å². The Morgan fingerprint density at radius 2 is 2.08 bits per heavy atom. The predicted molar refractivity (Wildman–Crippen MR) is 102 cm³/mol. The first kappa shape index (κ1) is 15.6. The molecule has 0 bridgehead atoms. The van der Waals surface area contributed by atoms with Gasteiger partial charge in [0.15, 0.2) is 6.54 Å². The molecule has 0 radical (unpaired) electrons. The average Bonchev–Trinajstić information content (AvgIpc) is 3.18. The molecule has 2 unspecified atom stereocenters. The predicted octanol–water partition coefficient (Wildman–Crippen LogP) is 4.25. The van der Waals surface area contributed by atoms with E-state index < -0.39 is 0 Å². The lowest BCUT2D eigenvalue weighted by Crippen LogP contribution is -2.37. The highest BCUT2D eigenvalue weighted by Gasteiger charge is 2.16. The highest BCUT2D eigenvalue weighted by atomic mass is 32.1. The van der Waals surface area contributed by atoms with Crippen molar-refractivity contribution in [3.8, 4) is 0 Å². The van der Waals surface area contributed by atoms with Crippen LogP contribution in [0, 0.1) is 0 Å². The molecular weight excluding hydrogens is 336 g/mol. The zero-order chi connectivity index (χ0) is 16.7. The molecule has 0 aliphatic rings. The average molecular weight is 356 g/mol. The zero-order valence-electron chi connectivity index (χ0n) is 13.6. The molecule has 4 aromatic rings. The monoisotopic (exact) mass is 355 g/mol. The second-order valence-electron chi connectivity index (χ2n) is 6.26. The lowest BCUT2D eigenvalue weighted by atomic mass is 10.0. The molecule has 4 rings (SSSR count). The van der Waals surface area contributed by atoms with E-state index >= 15 is 0 Å². The van der Waals surface area contributed by atoms with Crippen molar-refractivity contribution in [3.05, 3.63) is 53.3 Å².